The number of nitrogens with two attached hydrogens (primary N) is 1. The number of fused-ring (bicyclic) bond motifs is 1. The zero-order valence-corrected chi connectivity index (χ0v) is 33.1. The molecule has 18 nitrogen and oxygen atoms in total. The van der Waals surface area contributed by atoms with E-state index in [4.69, 9.17) is 10.2 Å². The first-order chi connectivity index (χ1) is 27.4. The smallest absolute Gasteiger partial charge is 0.344 e. The van der Waals surface area contributed by atoms with Crippen LogP contribution in [0.25, 0.3) is 22.1 Å². The lowest BCUT2D eigenvalue weighted by Gasteiger charge is -2.28. The number of carboxylic acids is 1. The molecule has 10 N–H and O–H groups in total. The van der Waals surface area contributed by atoms with Gasteiger partial charge >= 0.3 is 11.6 Å². The number of aliphatic carboxylic acids is 1. The number of hydrogen-bond acceptors (Lipinski definition) is 11. The van der Waals surface area contributed by atoms with Gasteiger partial charge in [0.15, 0.2) is 0 Å². The molecule has 0 aliphatic rings. The zero-order valence-electron chi connectivity index (χ0n) is 33.1. The largest absolute Gasteiger partial charge is 0.481 e. The highest BCUT2D eigenvalue weighted by Gasteiger charge is 2.33. The average Bonchev–Trinajstić information content (AvgIpc) is 3.15. The lowest BCUT2D eigenvalue weighted by atomic mass is 10.0. The molecule has 1 heterocycles. The number of anilines is 1. The maximum atomic E-state index is 13.7. The quantitative estimate of drug-likeness (QED) is 0.0636. The Morgan fingerprint density at radius 2 is 1.43 bits per heavy atom. The standard InChI is InChI=1S/C40H53N7O11/c1-21(2)15-27(19-42-26-11-8-10-24(16-26)28-17-25-9-6-7-12-32(25)58-40(28)57)44-37(54)30(18-33(41)50)46-39(56)35(22(3)4)47-36(53)29(13-14-34(51)52)45-38(55)31(20-48)43-23(5)49/h6-12,16-17,21-22,27,29-31,35,42,48H,13-15,18-20H2,1-5H3,(H2,41,50)(H,43,49)(H,44,54)(H,45,55)(H,46,56)(H,47,53)(H,51,52)/t27-,29-,30-,31-,35-/m0/s1. The molecular weight excluding hydrogens is 754 g/mol. The summed E-state index contributed by atoms with van der Waals surface area (Å²) in [6, 6.07) is 9.78. The molecule has 314 valence electrons. The first-order valence-electron chi connectivity index (χ1n) is 18.8. The normalized spacial score (nSPS) is 13.7. The predicted octanol–water partition coefficient (Wildman–Crippen LogP) is 0.750. The van der Waals surface area contributed by atoms with Gasteiger partial charge in [-0.25, -0.2) is 4.79 Å². The van der Waals surface area contributed by atoms with Crippen LogP contribution in [0.3, 0.4) is 0 Å². The van der Waals surface area contributed by atoms with Crippen LogP contribution in [0.1, 0.15) is 60.3 Å². The highest BCUT2D eigenvalue weighted by molar-refractivity contribution is 5.97. The fourth-order valence-electron chi connectivity index (χ4n) is 6.07. The van der Waals surface area contributed by atoms with Gasteiger partial charge in [0.05, 0.1) is 18.6 Å². The number of hydrogen-bond donors (Lipinski definition) is 9. The molecule has 3 rings (SSSR count). The Bertz CT molecular complexity index is 2020. The van der Waals surface area contributed by atoms with Gasteiger partial charge in [-0.15, -0.1) is 0 Å². The molecule has 3 aromatic rings. The molecular formula is C40H53N7O11. The van der Waals surface area contributed by atoms with Crippen molar-refractivity contribution in [2.45, 2.75) is 90.5 Å². The Hall–Kier alpha value is -6.30. The molecule has 0 saturated carbocycles. The number of primary amides is 1. The van der Waals surface area contributed by atoms with E-state index in [1.165, 1.54) is 0 Å². The molecule has 6 amide bonds. The van der Waals surface area contributed by atoms with Gasteiger partial charge in [-0.1, -0.05) is 58.0 Å². The molecule has 58 heavy (non-hydrogen) atoms. The second-order valence-electron chi connectivity index (χ2n) is 14.7. The molecule has 0 aliphatic heterocycles. The fraction of sp³-hybridized carbons (Fsp3) is 0.450. The number of carbonyl (C=O) groups is 7. The van der Waals surface area contributed by atoms with Crippen molar-refractivity contribution in [1.82, 2.24) is 26.6 Å². The number of carboxylic acid groups (broad SMARTS) is 1. The second-order valence-corrected chi connectivity index (χ2v) is 14.7. The number of rotatable bonds is 22. The number of para-hydroxylation sites is 1. The summed E-state index contributed by atoms with van der Waals surface area (Å²) in [5, 5.41) is 35.2. The number of aliphatic hydroxyl groups is 1. The van der Waals surface area contributed by atoms with Crippen molar-refractivity contribution in [2.75, 3.05) is 18.5 Å². The molecule has 0 radical (unpaired) electrons. The number of carbonyl (C=O) groups excluding carboxylic acids is 6. The van der Waals surface area contributed by atoms with E-state index in [0.717, 1.165) is 12.3 Å². The monoisotopic (exact) mass is 807 g/mol. The Kier molecular flexibility index (Phi) is 17.4. The summed E-state index contributed by atoms with van der Waals surface area (Å²) in [6.45, 7) is 7.59. The number of benzene rings is 2. The van der Waals surface area contributed by atoms with Crippen LogP contribution in [0, 0.1) is 11.8 Å². The molecule has 0 fully saturated rings. The van der Waals surface area contributed by atoms with Gasteiger partial charge in [-0.2, -0.15) is 0 Å². The molecule has 5 atom stereocenters. The molecule has 18 heteroatoms. The van der Waals surface area contributed by atoms with E-state index in [2.05, 4.69) is 31.9 Å². The van der Waals surface area contributed by atoms with Crippen molar-refractivity contribution >= 4 is 58.1 Å². The van der Waals surface area contributed by atoms with Gasteiger partial charge in [-0.3, -0.25) is 33.6 Å². The number of aliphatic hydroxyl groups excluding tert-OH is 1. The molecule has 2 aromatic carbocycles. The highest BCUT2D eigenvalue weighted by Crippen LogP contribution is 2.24. The van der Waals surface area contributed by atoms with Crippen LogP contribution in [0.15, 0.2) is 63.8 Å². The summed E-state index contributed by atoms with van der Waals surface area (Å²) < 4.78 is 5.50. The second kappa shape index (κ2) is 21.9. The van der Waals surface area contributed by atoms with Crippen LogP contribution in [-0.4, -0.2) is 95.0 Å². The summed E-state index contributed by atoms with van der Waals surface area (Å²) in [6.07, 6.45) is -1.06. The zero-order chi connectivity index (χ0) is 43.1. The molecule has 0 saturated heterocycles. The molecule has 0 aliphatic carbocycles. The maximum absolute atomic E-state index is 13.7. The summed E-state index contributed by atoms with van der Waals surface area (Å²) in [5.41, 5.74) is 7.06. The van der Waals surface area contributed by atoms with Gasteiger partial charge in [0.1, 0.15) is 29.8 Å². The molecule has 1 aromatic heterocycles. The number of amides is 6. The van der Waals surface area contributed by atoms with Crippen molar-refractivity contribution in [2.24, 2.45) is 17.6 Å². The van der Waals surface area contributed by atoms with E-state index in [9.17, 15) is 48.6 Å². The van der Waals surface area contributed by atoms with Gasteiger partial charge in [0, 0.05) is 37.0 Å². The fourth-order valence-corrected chi connectivity index (χ4v) is 6.07. The summed E-state index contributed by atoms with van der Waals surface area (Å²) >= 11 is 0. The van der Waals surface area contributed by atoms with E-state index in [1.54, 1.807) is 56.3 Å². The van der Waals surface area contributed by atoms with Crippen LogP contribution in [0.2, 0.25) is 0 Å². The van der Waals surface area contributed by atoms with Crippen molar-refractivity contribution in [3.63, 3.8) is 0 Å². The van der Waals surface area contributed by atoms with Crippen LogP contribution in [0.5, 0.6) is 0 Å². The van der Waals surface area contributed by atoms with E-state index >= 15 is 0 Å². The van der Waals surface area contributed by atoms with Crippen molar-refractivity contribution in [3.8, 4) is 11.1 Å². The third-order valence-corrected chi connectivity index (χ3v) is 8.91. The van der Waals surface area contributed by atoms with Crippen LogP contribution >= 0.6 is 0 Å². The van der Waals surface area contributed by atoms with Gasteiger partial charge in [0.25, 0.3) is 0 Å². The molecule has 0 bridgehead atoms. The number of nitrogens with one attached hydrogen (secondary N) is 6. The topological polar surface area (TPSA) is 288 Å². The van der Waals surface area contributed by atoms with Gasteiger partial charge in [-0.05, 0) is 54.5 Å². The van der Waals surface area contributed by atoms with E-state index < -0.39 is 109 Å². The summed E-state index contributed by atoms with van der Waals surface area (Å²) in [5.74, 6) is -6.84. The SMILES string of the molecule is CC(=O)N[C@@H](CO)C(=O)N[C@@H](CCC(=O)O)C(=O)N[C@H](C(=O)N[C@@H](CC(N)=O)C(=O)N[C@H](CNc1cccc(-c2cc3ccccc3oc2=O)c1)CC(C)C)C(C)C. The van der Waals surface area contributed by atoms with Crippen LogP contribution < -0.4 is 43.3 Å². The third kappa shape index (κ3) is 14.3. The predicted molar refractivity (Wildman–Crippen MR) is 214 cm³/mol. The first kappa shape index (κ1) is 46.1. The van der Waals surface area contributed by atoms with Gasteiger partial charge < -0.3 is 52.3 Å². The van der Waals surface area contributed by atoms with E-state index in [0.29, 0.717) is 28.8 Å². The lowest BCUT2D eigenvalue weighted by Crippen LogP contribution is -2.60. The molecule has 0 spiro atoms. The van der Waals surface area contributed by atoms with Crippen LogP contribution in [-0.2, 0) is 33.6 Å². The minimum Gasteiger partial charge on any atom is -0.481 e. The third-order valence-electron chi connectivity index (χ3n) is 8.91. The molecule has 0 unspecified atom stereocenters. The Morgan fingerprint density at radius 1 is 0.776 bits per heavy atom. The Labute approximate surface area is 335 Å². The highest BCUT2D eigenvalue weighted by atomic mass is 16.4. The average molecular weight is 808 g/mol. The van der Waals surface area contributed by atoms with Gasteiger partial charge in [0.2, 0.25) is 35.4 Å². The Morgan fingerprint density at radius 3 is 2.05 bits per heavy atom. The lowest BCUT2D eigenvalue weighted by molar-refractivity contribution is -0.139. The van der Waals surface area contributed by atoms with Crippen molar-refractivity contribution < 1.29 is 48.2 Å². The van der Waals surface area contributed by atoms with Crippen molar-refractivity contribution in [3.05, 3.63) is 65.0 Å². The minimum absolute atomic E-state index is 0.103. The maximum Gasteiger partial charge on any atom is 0.344 e. The van der Waals surface area contributed by atoms with E-state index in [-0.39, 0.29) is 12.5 Å². The summed E-state index contributed by atoms with van der Waals surface area (Å²) in [7, 11) is 0. The van der Waals surface area contributed by atoms with E-state index in [1.807, 2.05) is 26.0 Å². The van der Waals surface area contributed by atoms with Crippen LogP contribution in [0.4, 0.5) is 5.69 Å². The minimum atomic E-state index is -1.50. The van der Waals surface area contributed by atoms with Crippen molar-refractivity contribution in [1.29, 1.82) is 0 Å². The first-order valence-corrected chi connectivity index (χ1v) is 18.8. The Balaban J connectivity index is 1.76. The summed E-state index contributed by atoms with van der Waals surface area (Å²) in [4.78, 5) is 101.